The third kappa shape index (κ3) is 3.07. The molecule has 7 heteroatoms. The van der Waals surface area contributed by atoms with Gasteiger partial charge >= 0.3 is 6.03 Å². The molecular weight excluding hydrogens is 374 g/mol. The number of halogens is 1. The van der Waals surface area contributed by atoms with Crippen LogP contribution in [0.1, 0.15) is 18.7 Å². The minimum Gasteiger partial charge on any atom is -0.467 e. The molecule has 2 heterocycles. The van der Waals surface area contributed by atoms with Crippen molar-refractivity contribution in [1.82, 2.24) is 10.2 Å². The third-order valence-electron chi connectivity index (χ3n) is 3.93. The number of urea groups is 1. The summed E-state index contributed by atoms with van der Waals surface area (Å²) in [4.78, 5) is 26.3. The highest BCUT2D eigenvalue weighted by Gasteiger charge is 2.35. The van der Waals surface area contributed by atoms with Gasteiger partial charge in [-0.2, -0.15) is 0 Å². The van der Waals surface area contributed by atoms with Gasteiger partial charge in [0.25, 0.3) is 5.91 Å². The van der Waals surface area contributed by atoms with Crippen LogP contribution in [0.5, 0.6) is 0 Å². The monoisotopic (exact) mass is 389 g/mol. The summed E-state index contributed by atoms with van der Waals surface area (Å²) < 4.78 is 6.32. The number of furan rings is 1. The minimum absolute atomic E-state index is 0.283. The van der Waals surface area contributed by atoms with Gasteiger partial charge in [-0.25, -0.2) is 4.79 Å². The van der Waals surface area contributed by atoms with Crippen LogP contribution in [0.4, 0.5) is 10.5 Å². The van der Waals surface area contributed by atoms with E-state index >= 15 is 0 Å². The molecule has 1 aliphatic rings. The molecule has 124 valence electrons. The van der Waals surface area contributed by atoms with Crippen molar-refractivity contribution in [2.75, 3.05) is 12.4 Å². The highest BCUT2D eigenvalue weighted by atomic mass is 79.9. The Hall–Kier alpha value is -2.54. The quantitative estimate of drug-likeness (QED) is 0.840. The number of allylic oxidation sites excluding steroid dienone is 1. The lowest BCUT2D eigenvalue weighted by Crippen LogP contribution is -2.46. The van der Waals surface area contributed by atoms with Gasteiger partial charge in [0.1, 0.15) is 11.8 Å². The summed E-state index contributed by atoms with van der Waals surface area (Å²) in [6, 6.07) is 9.82. The number of carbonyl (C=O) groups excluding carboxylic acids is 2. The van der Waals surface area contributed by atoms with E-state index in [-0.39, 0.29) is 11.9 Å². The fraction of sp³-hybridized carbons (Fsp3) is 0.176. The second-order valence-electron chi connectivity index (χ2n) is 5.42. The number of nitrogens with zero attached hydrogens (tertiary/aromatic N) is 1. The van der Waals surface area contributed by atoms with Gasteiger partial charge in [-0.1, -0.05) is 15.9 Å². The average molecular weight is 390 g/mol. The molecule has 3 amide bonds. The number of nitrogens with one attached hydrogen (secondary N) is 2. The van der Waals surface area contributed by atoms with Crippen molar-refractivity contribution >= 4 is 33.6 Å². The molecule has 2 aromatic rings. The first-order valence-corrected chi connectivity index (χ1v) is 8.12. The minimum atomic E-state index is -0.626. The Labute approximate surface area is 147 Å². The van der Waals surface area contributed by atoms with Crippen LogP contribution in [-0.4, -0.2) is 23.9 Å². The average Bonchev–Trinajstić information content (AvgIpc) is 3.08. The van der Waals surface area contributed by atoms with Gasteiger partial charge in [0.05, 0.1) is 11.8 Å². The molecule has 1 aromatic heterocycles. The maximum Gasteiger partial charge on any atom is 0.322 e. The number of benzene rings is 1. The van der Waals surface area contributed by atoms with E-state index in [9.17, 15) is 9.59 Å². The summed E-state index contributed by atoms with van der Waals surface area (Å²) in [7, 11) is 1.62. The molecule has 3 rings (SSSR count). The van der Waals surface area contributed by atoms with Crippen molar-refractivity contribution in [1.29, 1.82) is 0 Å². The molecule has 0 bridgehead atoms. The zero-order valence-electron chi connectivity index (χ0n) is 13.2. The lowest BCUT2D eigenvalue weighted by atomic mass is 9.99. The van der Waals surface area contributed by atoms with Crippen LogP contribution in [0, 0.1) is 0 Å². The van der Waals surface area contributed by atoms with E-state index in [0.29, 0.717) is 22.7 Å². The van der Waals surface area contributed by atoms with Crippen LogP contribution in [0.25, 0.3) is 0 Å². The Morgan fingerprint density at radius 1 is 1.29 bits per heavy atom. The van der Waals surface area contributed by atoms with Crippen LogP contribution in [0.3, 0.4) is 0 Å². The Kier molecular flexibility index (Phi) is 4.44. The molecule has 0 spiro atoms. The number of hydrogen-bond donors (Lipinski definition) is 2. The van der Waals surface area contributed by atoms with Crippen LogP contribution in [-0.2, 0) is 4.79 Å². The van der Waals surface area contributed by atoms with Crippen LogP contribution in [0.15, 0.2) is 62.8 Å². The fourth-order valence-electron chi connectivity index (χ4n) is 2.53. The number of rotatable bonds is 3. The molecule has 0 fully saturated rings. The summed E-state index contributed by atoms with van der Waals surface area (Å²) in [5, 5.41) is 5.65. The van der Waals surface area contributed by atoms with Gasteiger partial charge in [0.2, 0.25) is 0 Å². The number of carbonyl (C=O) groups is 2. The number of amides is 3. The highest BCUT2D eigenvalue weighted by molar-refractivity contribution is 9.10. The molecule has 1 aromatic carbocycles. The summed E-state index contributed by atoms with van der Waals surface area (Å²) in [5.74, 6) is 0.222. The van der Waals surface area contributed by atoms with Gasteiger partial charge < -0.3 is 20.0 Å². The Morgan fingerprint density at radius 3 is 2.62 bits per heavy atom. The molecule has 0 radical (unpaired) electrons. The Balaban J connectivity index is 1.95. The van der Waals surface area contributed by atoms with E-state index in [4.69, 9.17) is 4.42 Å². The van der Waals surface area contributed by atoms with Crippen molar-refractivity contribution in [3.05, 3.63) is 64.2 Å². The van der Waals surface area contributed by atoms with Crippen molar-refractivity contribution in [3.63, 3.8) is 0 Å². The molecule has 1 atom stereocenters. The standard InChI is InChI=1S/C17H16BrN3O3/c1-10-14(16(22)19-12-7-5-11(18)6-8-12)15(13-4-3-9-24-13)20-17(23)21(10)2/h3-9,15H,1-2H3,(H,19,22)(H,20,23). The van der Waals surface area contributed by atoms with Crippen LogP contribution < -0.4 is 10.6 Å². The first-order valence-electron chi connectivity index (χ1n) is 7.32. The summed E-state index contributed by atoms with van der Waals surface area (Å²) in [5.41, 5.74) is 1.69. The molecule has 0 saturated carbocycles. The first kappa shape index (κ1) is 16.3. The second kappa shape index (κ2) is 6.52. The highest BCUT2D eigenvalue weighted by Crippen LogP contribution is 2.31. The largest absolute Gasteiger partial charge is 0.467 e. The lowest BCUT2D eigenvalue weighted by molar-refractivity contribution is -0.113. The smallest absolute Gasteiger partial charge is 0.322 e. The van der Waals surface area contributed by atoms with E-state index in [1.807, 2.05) is 12.1 Å². The molecular formula is C17H16BrN3O3. The van der Waals surface area contributed by atoms with Crippen LogP contribution >= 0.6 is 15.9 Å². The Bertz CT molecular complexity index is 797. The summed E-state index contributed by atoms with van der Waals surface area (Å²) in [6.45, 7) is 1.74. The van der Waals surface area contributed by atoms with E-state index in [2.05, 4.69) is 26.6 Å². The Morgan fingerprint density at radius 2 is 2.00 bits per heavy atom. The van der Waals surface area contributed by atoms with E-state index in [0.717, 1.165) is 4.47 Å². The fourth-order valence-corrected chi connectivity index (χ4v) is 2.79. The van der Waals surface area contributed by atoms with Crippen molar-refractivity contribution < 1.29 is 14.0 Å². The maximum atomic E-state index is 12.8. The maximum absolute atomic E-state index is 12.8. The molecule has 0 saturated heterocycles. The van der Waals surface area contributed by atoms with Gasteiger partial charge in [0.15, 0.2) is 0 Å². The van der Waals surface area contributed by atoms with Crippen molar-refractivity contribution in [2.24, 2.45) is 0 Å². The van der Waals surface area contributed by atoms with Gasteiger partial charge in [0, 0.05) is 22.9 Å². The zero-order valence-corrected chi connectivity index (χ0v) is 14.8. The van der Waals surface area contributed by atoms with Crippen molar-refractivity contribution in [2.45, 2.75) is 13.0 Å². The molecule has 1 aliphatic heterocycles. The number of hydrogen-bond acceptors (Lipinski definition) is 3. The molecule has 1 unspecified atom stereocenters. The SMILES string of the molecule is CC1=C(C(=O)Nc2ccc(Br)cc2)C(c2ccco2)NC(=O)N1C. The second-order valence-corrected chi connectivity index (χ2v) is 6.33. The van der Waals surface area contributed by atoms with Crippen LogP contribution in [0.2, 0.25) is 0 Å². The van der Waals surface area contributed by atoms with Crippen molar-refractivity contribution in [3.8, 4) is 0 Å². The normalized spacial score (nSPS) is 17.7. The van der Waals surface area contributed by atoms with E-state index in [1.165, 1.54) is 11.2 Å². The molecule has 2 N–H and O–H groups in total. The van der Waals surface area contributed by atoms with Gasteiger partial charge in [-0.3, -0.25) is 4.79 Å². The zero-order chi connectivity index (χ0) is 17.3. The number of anilines is 1. The molecule has 24 heavy (non-hydrogen) atoms. The topological polar surface area (TPSA) is 74.6 Å². The van der Waals surface area contributed by atoms with E-state index < -0.39 is 6.04 Å². The predicted molar refractivity (Wildman–Crippen MR) is 93.2 cm³/mol. The first-order chi connectivity index (χ1) is 11.5. The predicted octanol–water partition coefficient (Wildman–Crippen LogP) is 3.65. The summed E-state index contributed by atoms with van der Waals surface area (Å²) >= 11 is 3.36. The van der Waals surface area contributed by atoms with Gasteiger partial charge in [-0.15, -0.1) is 0 Å². The molecule has 0 aliphatic carbocycles. The lowest BCUT2D eigenvalue weighted by Gasteiger charge is -2.32. The third-order valence-corrected chi connectivity index (χ3v) is 4.46. The molecule has 6 nitrogen and oxygen atoms in total. The van der Waals surface area contributed by atoms with Gasteiger partial charge in [-0.05, 0) is 43.3 Å². The van der Waals surface area contributed by atoms with E-state index in [1.54, 1.807) is 38.2 Å². The summed E-state index contributed by atoms with van der Waals surface area (Å²) in [6.07, 6.45) is 1.51.